The van der Waals surface area contributed by atoms with Crippen LogP contribution in [0.2, 0.25) is 0 Å². The van der Waals surface area contributed by atoms with Gasteiger partial charge < -0.3 is 10.4 Å². The van der Waals surface area contributed by atoms with Gasteiger partial charge in [0.2, 0.25) is 5.91 Å². The molecule has 2 N–H and O–H groups in total. The third-order valence-corrected chi connectivity index (χ3v) is 3.56. The van der Waals surface area contributed by atoms with Gasteiger partial charge in [-0.3, -0.25) is 9.59 Å². The smallest absolute Gasteiger partial charge is 0.305 e. The van der Waals surface area contributed by atoms with E-state index in [-0.39, 0.29) is 24.2 Å². The summed E-state index contributed by atoms with van der Waals surface area (Å²) in [6, 6.07) is 0. The van der Waals surface area contributed by atoms with Gasteiger partial charge in [0.1, 0.15) is 0 Å². The van der Waals surface area contributed by atoms with E-state index in [2.05, 4.69) is 5.32 Å². The van der Waals surface area contributed by atoms with Gasteiger partial charge in [0.15, 0.2) is 0 Å². The number of rotatable bonds is 7. The topological polar surface area (TPSA) is 66.4 Å². The van der Waals surface area contributed by atoms with E-state index in [0.29, 0.717) is 0 Å². The summed E-state index contributed by atoms with van der Waals surface area (Å²) in [7, 11) is 0. The third-order valence-electron chi connectivity index (χ3n) is 3.56. The number of carbonyl (C=O) groups is 2. The molecule has 0 saturated carbocycles. The van der Waals surface area contributed by atoms with Gasteiger partial charge in [0, 0.05) is 11.5 Å². The largest absolute Gasteiger partial charge is 0.481 e. The first kappa shape index (κ1) is 15.9. The van der Waals surface area contributed by atoms with Crippen molar-refractivity contribution in [1.82, 2.24) is 5.32 Å². The lowest BCUT2D eigenvalue weighted by molar-refractivity contribution is -0.140. The monoisotopic (exact) mass is 243 g/mol. The first-order valence-electron chi connectivity index (χ1n) is 6.30. The molecular formula is C13H25NO3. The van der Waals surface area contributed by atoms with Crippen LogP contribution in [0.25, 0.3) is 0 Å². The van der Waals surface area contributed by atoms with Crippen molar-refractivity contribution in [1.29, 1.82) is 0 Å². The van der Waals surface area contributed by atoms with Gasteiger partial charge in [-0.05, 0) is 25.7 Å². The molecule has 0 bridgehead atoms. The average molecular weight is 243 g/mol. The first-order chi connectivity index (χ1) is 7.76. The van der Waals surface area contributed by atoms with Crippen molar-refractivity contribution in [2.45, 2.75) is 59.4 Å². The normalized spacial score (nSPS) is 14.8. The van der Waals surface area contributed by atoms with Crippen LogP contribution in [-0.2, 0) is 9.59 Å². The Morgan fingerprint density at radius 3 is 2.00 bits per heavy atom. The second kappa shape index (κ2) is 6.62. The molecule has 4 nitrogen and oxygen atoms in total. The molecule has 0 aliphatic heterocycles. The van der Waals surface area contributed by atoms with Gasteiger partial charge in [-0.2, -0.15) is 0 Å². The molecular weight excluding hydrogens is 218 g/mol. The molecule has 4 heteroatoms. The summed E-state index contributed by atoms with van der Waals surface area (Å²) >= 11 is 0. The molecule has 1 unspecified atom stereocenters. The molecule has 0 fully saturated rings. The zero-order chi connectivity index (χ0) is 13.6. The number of carbonyl (C=O) groups excluding carboxylic acids is 1. The van der Waals surface area contributed by atoms with Crippen molar-refractivity contribution in [3.8, 4) is 0 Å². The van der Waals surface area contributed by atoms with Gasteiger partial charge in [-0.15, -0.1) is 0 Å². The molecule has 0 aliphatic rings. The summed E-state index contributed by atoms with van der Waals surface area (Å²) in [4.78, 5) is 22.9. The number of amides is 1. The lowest BCUT2D eigenvalue weighted by Gasteiger charge is -2.34. The highest BCUT2D eigenvalue weighted by atomic mass is 16.4. The van der Waals surface area contributed by atoms with Crippen molar-refractivity contribution in [3.63, 3.8) is 0 Å². The van der Waals surface area contributed by atoms with Crippen molar-refractivity contribution >= 4 is 11.9 Å². The van der Waals surface area contributed by atoms with Crippen LogP contribution in [0.15, 0.2) is 0 Å². The van der Waals surface area contributed by atoms with Crippen molar-refractivity contribution < 1.29 is 14.7 Å². The van der Waals surface area contributed by atoms with Crippen LogP contribution in [0.5, 0.6) is 0 Å². The summed E-state index contributed by atoms with van der Waals surface area (Å²) in [5, 5.41) is 11.8. The second-order valence-corrected chi connectivity index (χ2v) is 5.15. The Kier molecular flexibility index (Phi) is 6.21. The quantitative estimate of drug-likeness (QED) is 0.721. The molecule has 17 heavy (non-hydrogen) atoms. The molecule has 0 rings (SSSR count). The molecule has 0 radical (unpaired) electrons. The Balaban J connectivity index is 4.76. The zero-order valence-corrected chi connectivity index (χ0v) is 11.5. The highest BCUT2D eigenvalue weighted by molar-refractivity contribution is 5.80. The number of aliphatic carboxylic acids is 1. The van der Waals surface area contributed by atoms with Crippen LogP contribution in [0.3, 0.4) is 0 Å². The Hall–Kier alpha value is -1.06. The summed E-state index contributed by atoms with van der Waals surface area (Å²) in [6.07, 6.45) is 1.52. The minimum Gasteiger partial charge on any atom is -0.481 e. The summed E-state index contributed by atoms with van der Waals surface area (Å²) in [5.41, 5.74) is -0.675. The lowest BCUT2D eigenvalue weighted by atomic mass is 9.84. The molecule has 0 aromatic heterocycles. The SMILES string of the molecule is CCC(CC)C(=O)NC(C)(CC(=O)O)C(C)C. The van der Waals surface area contributed by atoms with Gasteiger partial charge in [-0.1, -0.05) is 27.7 Å². The molecule has 1 atom stereocenters. The van der Waals surface area contributed by atoms with E-state index in [9.17, 15) is 9.59 Å². The van der Waals surface area contributed by atoms with Crippen LogP contribution in [0, 0.1) is 11.8 Å². The molecule has 0 aliphatic carbocycles. The predicted octanol–water partition coefficient (Wildman–Crippen LogP) is 2.43. The lowest BCUT2D eigenvalue weighted by Crippen LogP contribution is -2.52. The highest BCUT2D eigenvalue weighted by Gasteiger charge is 2.34. The summed E-state index contributed by atoms with van der Waals surface area (Å²) < 4.78 is 0. The van der Waals surface area contributed by atoms with Crippen LogP contribution >= 0.6 is 0 Å². The van der Waals surface area contributed by atoms with Gasteiger partial charge in [-0.25, -0.2) is 0 Å². The van der Waals surface area contributed by atoms with Gasteiger partial charge >= 0.3 is 5.97 Å². The number of nitrogens with one attached hydrogen (secondary N) is 1. The average Bonchev–Trinajstić information content (AvgIpc) is 2.17. The maximum atomic E-state index is 12.0. The number of hydrogen-bond acceptors (Lipinski definition) is 2. The molecule has 100 valence electrons. The minimum atomic E-state index is -0.883. The Morgan fingerprint density at radius 1 is 1.24 bits per heavy atom. The minimum absolute atomic E-state index is 0.0260. The zero-order valence-electron chi connectivity index (χ0n) is 11.5. The summed E-state index contributed by atoms with van der Waals surface area (Å²) in [6.45, 7) is 9.59. The van der Waals surface area contributed by atoms with Gasteiger partial charge in [0.05, 0.1) is 6.42 Å². The maximum Gasteiger partial charge on any atom is 0.305 e. The van der Waals surface area contributed by atoms with E-state index in [1.807, 2.05) is 27.7 Å². The third kappa shape index (κ3) is 4.75. The van der Waals surface area contributed by atoms with Crippen LogP contribution in [0.4, 0.5) is 0 Å². The number of carboxylic acids is 1. The predicted molar refractivity (Wildman–Crippen MR) is 67.7 cm³/mol. The molecule has 0 heterocycles. The van der Waals surface area contributed by atoms with Crippen molar-refractivity contribution in [3.05, 3.63) is 0 Å². The van der Waals surface area contributed by atoms with E-state index in [0.717, 1.165) is 12.8 Å². The Bertz CT molecular complexity index is 272. The van der Waals surface area contributed by atoms with E-state index in [1.165, 1.54) is 0 Å². The van der Waals surface area contributed by atoms with Crippen LogP contribution < -0.4 is 5.32 Å². The van der Waals surface area contributed by atoms with E-state index in [4.69, 9.17) is 5.11 Å². The fraction of sp³-hybridized carbons (Fsp3) is 0.846. The molecule has 0 aromatic carbocycles. The van der Waals surface area contributed by atoms with E-state index < -0.39 is 11.5 Å². The summed E-state index contributed by atoms with van der Waals surface area (Å²) in [5.74, 6) is -0.864. The molecule has 0 spiro atoms. The van der Waals surface area contributed by atoms with Crippen molar-refractivity contribution in [2.75, 3.05) is 0 Å². The van der Waals surface area contributed by atoms with E-state index >= 15 is 0 Å². The molecule has 1 amide bonds. The number of hydrogen-bond donors (Lipinski definition) is 2. The standard InChI is InChI=1S/C13H25NO3/c1-6-10(7-2)12(17)14-13(5,9(3)4)8-11(15)16/h9-10H,6-8H2,1-5H3,(H,14,17)(H,15,16). The van der Waals surface area contributed by atoms with Crippen LogP contribution in [0.1, 0.15) is 53.9 Å². The van der Waals surface area contributed by atoms with E-state index in [1.54, 1.807) is 6.92 Å². The van der Waals surface area contributed by atoms with Crippen LogP contribution in [-0.4, -0.2) is 22.5 Å². The fourth-order valence-corrected chi connectivity index (χ4v) is 1.75. The second-order valence-electron chi connectivity index (χ2n) is 5.15. The highest BCUT2D eigenvalue weighted by Crippen LogP contribution is 2.22. The maximum absolute atomic E-state index is 12.0. The van der Waals surface area contributed by atoms with Crippen molar-refractivity contribution in [2.24, 2.45) is 11.8 Å². The number of carboxylic acid groups (broad SMARTS) is 1. The first-order valence-corrected chi connectivity index (χ1v) is 6.30. The molecule has 0 aromatic rings. The Morgan fingerprint density at radius 2 is 1.71 bits per heavy atom. The van der Waals surface area contributed by atoms with Gasteiger partial charge in [0.25, 0.3) is 0 Å². The fourth-order valence-electron chi connectivity index (χ4n) is 1.75. The Labute approximate surface area is 104 Å². The molecule has 0 saturated heterocycles.